The second-order valence-electron chi connectivity index (χ2n) is 4.91. The standard InChI is InChI=1S/C18H15Br2P.BrH/c19-21(20,16-10-4-1-5-11-16,17-12-6-2-7-13-17)18-14-8-3-9-15-18;/h1-15H;1H. The SMILES string of the molecule is Br.BrP(Br)(c1ccccc1)(c1ccccc1)c1ccccc1. The number of hydrogen-bond acceptors (Lipinski definition) is 0. The van der Waals surface area contributed by atoms with Crippen LogP contribution in [0.3, 0.4) is 0 Å². The number of halogens is 3. The van der Waals surface area contributed by atoms with Crippen LogP contribution in [-0.4, -0.2) is 0 Å². The molecule has 0 radical (unpaired) electrons. The molecule has 0 fully saturated rings. The van der Waals surface area contributed by atoms with E-state index in [0.717, 1.165) is 0 Å². The van der Waals surface area contributed by atoms with Crippen LogP contribution in [0.4, 0.5) is 0 Å². The van der Waals surface area contributed by atoms with Gasteiger partial charge in [0.2, 0.25) is 0 Å². The van der Waals surface area contributed by atoms with Gasteiger partial charge in [-0.25, -0.2) is 0 Å². The Morgan fingerprint density at radius 1 is 0.455 bits per heavy atom. The Labute approximate surface area is 158 Å². The summed E-state index contributed by atoms with van der Waals surface area (Å²) in [6.07, 6.45) is 0. The van der Waals surface area contributed by atoms with Gasteiger partial charge < -0.3 is 0 Å². The molecule has 0 aromatic heterocycles. The molecule has 0 nitrogen and oxygen atoms in total. The number of hydrogen-bond donors (Lipinski definition) is 0. The maximum atomic E-state index is 4.16. The first kappa shape index (κ1) is 17.9. The van der Waals surface area contributed by atoms with Crippen molar-refractivity contribution in [1.29, 1.82) is 0 Å². The average Bonchev–Trinajstić information content (AvgIpc) is 2.57. The maximum absolute atomic E-state index is 4.16. The van der Waals surface area contributed by atoms with Gasteiger partial charge in [0, 0.05) is 0 Å². The van der Waals surface area contributed by atoms with Crippen molar-refractivity contribution in [1.82, 2.24) is 0 Å². The summed E-state index contributed by atoms with van der Waals surface area (Å²) >= 11 is 8.32. The topological polar surface area (TPSA) is 0 Å². The first-order valence-corrected chi connectivity index (χ1v) is 13.0. The van der Waals surface area contributed by atoms with Crippen LogP contribution in [0, 0.1) is 0 Å². The van der Waals surface area contributed by atoms with Crippen molar-refractivity contribution in [3.05, 3.63) is 91.0 Å². The van der Waals surface area contributed by atoms with E-state index in [1.54, 1.807) is 0 Å². The van der Waals surface area contributed by atoms with Crippen LogP contribution in [0.5, 0.6) is 0 Å². The molecule has 114 valence electrons. The first-order valence-electron chi connectivity index (χ1n) is 6.74. The Morgan fingerprint density at radius 2 is 0.682 bits per heavy atom. The zero-order valence-electron chi connectivity index (χ0n) is 11.8. The zero-order valence-corrected chi connectivity index (χ0v) is 17.6. The van der Waals surface area contributed by atoms with Crippen LogP contribution in [0.15, 0.2) is 91.0 Å². The van der Waals surface area contributed by atoms with E-state index in [-0.39, 0.29) is 17.0 Å². The van der Waals surface area contributed by atoms with E-state index in [1.165, 1.54) is 15.9 Å². The molecular formula is C18H16Br3P. The molecule has 0 saturated heterocycles. The molecular weight excluding hydrogens is 487 g/mol. The minimum atomic E-state index is -2.75. The van der Waals surface area contributed by atoms with E-state index in [2.05, 4.69) is 122 Å². The van der Waals surface area contributed by atoms with Gasteiger partial charge in [0.05, 0.1) is 0 Å². The predicted octanol–water partition coefficient (Wildman–Crippen LogP) is 5.71. The van der Waals surface area contributed by atoms with E-state index in [0.29, 0.717) is 0 Å². The first-order chi connectivity index (χ1) is 10.1. The van der Waals surface area contributed by atoms with Crippen LogP contribution >= 0.6 is 52.0 Å². The van der Waals surface area contributed by atoms with Gasteiger partial charge in [0.25, 0.3) is 0 Å². The predicted molar refractivity (Wildman–Crippen MR) is 113 cm³/mol. The summed E-state index contributed by atoms with van der Waals surface area (Å²) in [5, 5.41) is 3.79. The molecule has 0 aliphatic heterocycles. The second-order valence-corrected chi connectivity index (χ2v) is 19.6. The molecule has 0 N–H and O–H groups in total. The van der Waals surface area contributed by atoms with Gasteiger partial charge >= 0.3 is 142 Å². The average molecular weight is 503 g/mol. The van der Waals surface area contributed by atoms with E-state index in [4.69, 9.17) is 0 Å². The molecule has 0 heterocycles. The molecule has 4 heteroatoms. The fraction of sp³-hybridized carbons (Fsp3) is 0. The van der Waals surface area contributed by atoms with Gasteiger partial charge in [-0.15, -0.1) is 17.0 Å². The second kappa shape index (κ2) is 6.97. The quantitative estimate of drug-likeness (QED) is 0.402. The molecule has 0 unspecified atom stereocenters. The normalized spacial score (nSPS) is 12.7. The Kier molecular flexibility index (Phi) is 5.66. The molecule has 0 saturated carbocycles. The summed E-state index contributed by atoms with van der Waals surface area (Å²) in [6.45, 7) is 0. The van der Waals surface area contributed by atoms with Crippen molar-refractivity contribution in [2.75, 3.05) is 0 Å². The van der Waals surface area contributed by atoms with E-state index >= 15 is 0 Å². The molecule has 3 aromatic rings. The van der Waals surface area contributed by atoms with Crippen LogP contribution in [-0.2, 0) is 0 Å². The third-order valence-corrected chi connectivity index (χ3v) is 14.6. The van der Waals surface area contributed by atoms with Crippen molar-refractivity contribution in [3.63, 3.8) is 0 Å². The third-order valence-electron chi connectivity index (χ3n) is 3.63. The Bertz CT molecular complexity index is 625. The number of benzene rings is 3. The van der Waals surface area contributed by atoms with Gasteiger partial charge in [0.1, 0.15) is 0 Å². The van der Waals surface area contributed by atoms with Crippen molar-refractivity contribution < 1.29 is 0 Å². The molecule has 3 aromatic carbocycles. The van der Waals surface area contributed by atoms with Crippen molar-refractivity contribution >= 4 is 67.9 Å². The van der Waals surface area contributed by atoms with Gasteiger partial charge in [-0.1, -0.05) is 0 Å². The number of rotatable bonds is 3. The van der Waals surface area contributed by atoms with Crippen LogP contribution in [0.1, 0.15) is 0 Å². The monoisotopic (exact) mass is 500 g/mol. The summed E-state index contributed by atoms with van der Waals surface area (Å²) in [5.74, 6) is 0. The van der Waals surface area contributed by atoms with Gasteiger partial charge in [0.15, 0.2) is 0 Å². The van der Waals surface area contributed by atoms with Gasteiger partial charge in [-0.05, 0) is 0 Å². The fourth-order valence-electron chi connectivity index (χ4n) is 2.52. The Morgan fingerprint density at radius 3 is 0.909 bits per heavy atom. The molecule has 0 amide bonds. The molecule has 0 atom stereocenters. The van der Waals surface area contributed by atoms with E-state index < -0.39 is 4.01 Å². The summed E-state index contributed by atoms with van der Waals surface area (Å²) in [6, 6.07) is 31.8. The van der Waals surface area contributed by atoms with Crippen molar-refractivity contribution in [3.8, 4) is 0 Å². The molecule has 0 spiro atoms. The molecule has 0 bridgehead atoms. The Balaban J connectivity index is 0.00000176. The van der Waals surface area contributed by atoms with Crippen LogP contribution in [0.2, 0.25) is 0 Å². The third kappa shape index (κ3) is 2.97. The summed E-state index contributed by atoms with van der Waals surface area (Å²) < 4.78 is -2.75. The van der Waals surface area contributed by atoms with Crippen molar-refractivity contribution in [2.24, 2.45) is 0 Å². The van der Waals surface area contributed by atoms with Crippen LogP contribution < -0.4 is 15.9 Å². The Hall–Kier alpha value is -0.470. The summed E-state index contributed by atoms with van der Waals surface area (Å²) in [5.41, 5.74) is 0. The molecule has 0 aliphatic rings. The van der Waals surface area contributed by atoms with Crippen molar-refractivity contribution in [2.45, 2.75) is 0 Å². The summed E-state index contributed by atoms with van der Waals surface area (Å²) in [7, 11) is 0. The molecule has 0 aliphatic carbocycles. The van der Waals surface area contributed by atoms with E-state index in [9.17, 15) is 0 Å². The fourth-order valence-corrected chi connectivity index (χ4v) is 9.75. The van der Waals surface area contributed by atoms with Gasteiger partial charge in [-0.3, -0.25) is 0 Å². The molecule has 3 rings (SSSR count). The van der Waals surface area contributed by atoms with E-state index in [1.807, 2.05) is 0 Å². The zero-order chi connectivity index (χ0) is 14.8. The minimum absolute atomic E-state index is 0. The summed E-state index contributed by atoms with van der Waals surface area (Å²) in [4.78, 5) is 0. The molecule has 22 heavy (non-hydrogen) atoms. The van der Waals surface area contributed by atoms with Gasteiger partial charge in [-0.2, -0.15) is 0 Å². The van der Waals surface area contributed by atoms with Crippen LogP contribution in [0.25, 0.3) is 0 Å².